The average Bonchev–Trinajstić information content (AvgIpc) is 2.96. The molecule has 0 radical (unpaired) electrons. The van der Waals surface area contributed by atoms with Crippen molar-refractivity contribution in [2.24, 2.45) is 33.0 Å². The molecule has 226 valence electrons. The first kappa shape index (κ1) is 30.4. The van der Waals surface area contributed by atoms with Gasteiger partial charge in [-0.15, -0.1) is 6.42 Å². The van der Waals surface area contributed by atoms with Gasteiger partial charge in [-0.25, -0.2) is 4.79 Å². The lowest BCUT2D eigenvalue weighted by atomic mass is 9.34. The van der Waals surface area contributed by atoms with Crippen LogP contribution in [0.1, 0.15) is 93.4 Å². The van der Waals surface area contributed by atoms with Crippen LogP contribution >= 0.6 is 0 Å². The molecule has 0 heterocycles. The third kappa shape index (κ3) is 4.17. The highest BCUT2D eigenvalue weighted by atomic mass is 16.6. The first-order valence-electron chi connectivity index (χ1n) is 15.5. The van der Waals surface area contributed by atoms with E-state index in [1.54, 1.807) is 13.1 Å². The van der Waals surface area contributed by atoms with Crippen molar-refractivity contribution in [3.05, 3.63) is 46.3 Å². The van der Waals surface area contributed by atoms with Gasteiger partial charge in [-0.3, -0.25) is 9.59 Å². The van der Waals surface area contributed by atoms with E-state index in [-0.39, 0.29) is 45.8 Å². The number of allylic oxidation sites excluding steroid dienone is 7. The van der Waals surface area contributed by atoms with Crippen LogP contribution in [0.5, 0.6) is 0 Å². The molecule has 0 aromatic heterocycles. The Bertz CT molecular complexity index is 1410. The molecule has 0 N–H and O–H groups in total. The van der Waals surface area contributed by atoms with Crippen LogP contribution in [0, 0.1) is 45.3 Å². The Hall–Kier alpha value is -3.07. The van der Waals surface area contributed by atoms with E-state index >= 15 is 0 Å². The number of nitrogens with zero attached hydrogens (tertiary/aromatic N) is 1. The van der Waals surface area contributed by atoms with Gasteiger partial charge in [0.05, 0.1) is 5.41 Å². The van der Waals surface area contributed by atoms with Crippen LogP contribution < -0.4 is 0 Å². The van der Waals surface area contributed by atoms with E-state index in [4.69, 9.17) is 15.9 Å². The Kier molecular flexibility index (Phi) is 7.23. The molecule has 6 atom stereocenters. The maximum atomic E-state index is 13.5. The van der Waals surface area contributed by atoms with Gasteiger partial charge in [-0.05, 0) is 105 Å². The quantitative estimate of drug-likeness (QED) is 0.260. The Morgan fingerprint density at radius 2 is 1.74 bits per heavy atom. The van der Waals surface area contributed by atoms with Gasteiger partial charge in [0.25, 0.3) is 0 Å². The number of carbonyl (C=O) groups is 3. The molecule has 3 saturated carbocycles. The van der Waals surface area contributed by atoms with Crippen molar-refractivity contribution < 1.29 is 23.9 Å². The summed E-state index contributed by atoms with van der Waals surface area (Å²) in [6.45, 7) is 15.9. The summed E-state index contributed by atoms with van der Waals surface area (Å²) in [4.78, 5) is 40.7. The van der Waals surface area contributed by atoms with Crippen LogP contribution in [0.4, 0.5) is 4.79 Å². The molecule has 5 aliphatic rings. The molecule has 1 amide bonds. The predicted molar refractivity (Wildman–Crippen MR) is 163 cm³/mol. The molecule has 3 fully saturated rings. The van der Waals surface area contributed by atoms with Gasteiger partial charge in [-0.1, -0.05) is 51.3 Å². The first-order valence-corrected chi connectivity index (χ1v) is 15.5. The summed E-state index contributed by atoms with van der Waals surface area (Å²) in [5.41, 5.74) is 3.30. The van der Waals surface area contributed by atoms with E-state index in [2.05, 4.69) is 52.7 Å². The lowest BCUT2D eigenvalue weighted by Crippen LogP contribution is -2.62. The molecule has 5 aliphatic carbocycles. The Morgan fingerprint density at radius 3 is 2.40 bits per heavy atom. The zero-order valence-electron chi connectivity index (χ0n) is 26.7. The van der Waals surface area contributed by atoms with Crippen molar-refractivity contribution in [2.75, 3.05) is 20.2 Å². The number of hydrogen-bond donors (Lipinski definition) is 0. The fraction of sp³-hybridized carbons (Fsp3) is 0.639. The van der Waals surface area contributed by atoms with E-state index in [1.807, 2.05) is 13.8 Å². The third-order valence-corrected chi connectivity index (χ3v) is 12.6. The zero-order chi connectivity index (χ0) is 30.9. The van der Waals surface area contributed by atoms with Crippen LogP contribution in [-0.2, 0) is 19.1 Å². The molecule has 0 aromatic rings. The van der Waals surface area contributed by atoms with Crippen molar-refractivity contribution in [3.8, 4) is 12.3 Å². The summed E-state index contributed by atoms with van der Waals surface area (Å²) >= 11 is 0. The van der Waals surface area contributed by atoms with Crippen molar-refractivity contribution in [2.45, 2.75) is 93.4 Å². The molecule has 0 unspecified atom stereocenters. The molecule has 0 spiro atoms. The summed E-state index contributed by atoms with van der Waals surface area (Å²) in [5.74, 6) is 2.50. The second-order valence-corrected chi connectivity index (χ2v) is 14.8. The first-order chi connectivity index (χ1) is 19.6. The minimum Gasteiger partial charge on any atom is -0.452 e. The van der Waals surface area contributed by atoms with Crippen molar-refractivity contribution in [1.29, 1.82) is 0 Å². The van der Waals surface area contributed by atoms with Crippen molar-refractivity contribution >= 4 is 17.8 Å². The van der Waals surface area contributed by atoms with E-state index in [1.165, 1.54) is 10.5 Å². The smallest absolute Gasteiger partial charge is 0.415 e. The maximum absolute atomic E-state index is 13.5. The molecule has 0 bridgehead atoms. The van der Waals surface area contributed by atoms with Crippen molar-refractivity contribution in [3.63, 3.8) is 0 Å². The number of carbonyl (C=O) groups excluding carboxylic acids is 3. The van der Waals surface area contributed by atoms with Gasteiger partial charge in [0, 0.05) is 24.6 Å². The molecule has 6 heteroatoms. The molecule has 42 heavy (non-hydrogen) atoms. The number of rotatable bonds is 4. The number of esters is 1. The van der Waals surface area contributed by atoms with Gasteiger partial charge < -0.3 is 14.4 Å². The molecule has 0 aliphatic heterocycles. The predicted octanol–water partition coefficient (Wildman–Crippen LogP) is 7.32. The third-order valence-electron chi connectivity index (χ3n) is 12.6. The van der Waals surface area contributed by atoms with E-state index in [9.17, 15) is 14.4 Å². The van der Waals surface area contributed by atoms with Gasteiger partial charge in [0.15, 0.2) is 12.4 Å². The van der Waals surface area contributed by atoms with Crippen LogP contribution in [0.3, 0.4) is 0 Å². The summed E-state index contributed by atoms with van der Waals surface area (Å²) in [6.07, 6.45) is 17.7. The highest BCUT2D eigenvalue weighted by Crippen LogP contribution is 2.75. The topological polar surface area (TPSA) is 72.9 Å². The average molecular weight is 574 g/mol. The van der Waals surface area contributed by atoms with Crippen LogP contribution in [0.25, 0.3) is 0 Å². The lowest BCUT2D eigenvalue weighted by Gasteiger charge is -2.70. The van der Waals surface area contributed by atoms with Crippen LogP contribution in [-0.4, -0.2) is 42.9 Å². The number of ketones is 1. The van der Waals surface area contributed by atoms with Gasteiger partial charge in [0.1, 0.15) is 0 Å². The Labute approximate surface area is 251 Å². The number of fused-ring (bicyclic) bond motifs is 7. The Morgan fingerprint density at radius 1 is 1.05 bits per heavy atom. The van der Waals surface area contributed by atoms with Gasteiger partial charge in [0.2, 0.25) is 5.78 Å². The molecule has 6 nitrogen and oxygen atoms in total. The molecule has 0 aromatic carbocycles. The molecule has 5 rings (SSSR count). The molecule has 0 saturated heterocycles. The van der Waals surface area contributed by atoms with Crippen molar-refractivity contribution in [1.82, 2.24) is 4.90 Å². The second-order valence-electron chi connectivity index (χ2n) is 14.8. The second kappa shape index (κ2) is 10.00. The monoisotopic (exact) mass is 573 g/mol. The van der Waals surface area contributed by atoms with Gasteiger partial charge >= 0.3 is 12.1 Å². The Balaban J connectivity index is 1.54. The number of hydrogen-bond acceptors (Lipinski definition) is 5. The molecular formula is C36H47NO5. The highest BCUT2D eigenvalue weighted by molar-refractivity contribution is 6.08. The largest absolute Gasteiger partial charge is 0.452 e. The summed E-state index contributed by atoms with van der Waals surface area (Å²) in [5, 5.41) is 0. The fourth-order valence-electron chi connectivity index (χ4n) is 9.34. The maximum Gasteiger partial charge on any atom is 0.415 e. The zero-order valence-corrected chi connectivity index (χ0v) is 26.7. The standard InChI is InChI=1S/C36H47NO5/c1-10-20-41-30(39)33(5)15-14-32(4)16-18-35(7)27-13-12-24-23(3)29(42-31(40)37(9)11-2)26(38)21-25(24)34(27,6)17-19-36(35,8)28(32)22-33/h1,12-13,21,28H,11,14-20,22H2,2-9H3/t28-,32-,33-,34+,35-,36+/m1/s1. The highest BCUT2D eigenvalue weighted by Gasteiger charge is 2.67. The minimum atomic E-state index is -0.545. The minimum absolute atomic E-state index is 0.0170. The summed E-state index contributed by atoms with van der Waals surface area (Å²) in [6, 6.07) is 0. The number of terminal acetylenes is 1. The summed E-state index contributed by atoms with van der Waals surface area (Å²) in [7, 11) is 1.66. The van der Waals surface area contributed by atoms with Crippen LogP contribution in [0.2, 0.25) is 0 Å². The van der Waals surface area contributed by atoms with E-state index in [0.717, 1.165) is 61.7 Å². The fourth-order valence-corrected chi connectivity index (χ4v) is 9.34. The van der Waals surface area contributed by atoms with Crippen LogP contribution in [0.15, 0.2) is 46.3 Å². The normalized spacial score (nSPS) is 38.8. The number of amides is 1. The number of ether oxygens (including phenoxy) is 2. The van der Waals surface area contributed by atoms with E-state index in [0.29, 0.717) is 12.5 Å². The SMILES string of the molecule is C#CCOC(=O)[C@]1(C)CC[C@]2(C)CC[C@]3(C)C4=CC=C5C(=CC(=O)C(OC(=O)N(C)CC)=C5C)[C@]4(C)CC[C@@]3(C)[C@@H]2C1. The lowest BCUT2D eigenvalue weighted by molar-refractivity contribution is -0.181. The van der Waals surface area contributed by atoms with Gasteiger partial charge in [-0.2, -0.15) is 0 Å². The van der Waals surface area contributed by atoms with E-state index < -0.39 is 11.5 Å². The summed E-state index contributed by atoms with van der Waals surface area (Å²) < 4.78 is 11.1. The molecular weight excluding hydrogens is 526 g/mol.